The minimum atomic E-state index is -0.433. The number of hydrogen-bond donors (Lipinski definition) is 0. The second kappa shape index (κ2) is 10.6. The van der Waals surface area contributed by atoms with Crippen molar-refractivity contribution in [3.63, 3.8) is 0 Å². The zero-order valence-electron chi connectivity index (χ0n) is 33.4. The molecule has 0 N–H and O–H groups in total. The van der Waals surface area contributed by atoms with Gasteiger partial charge in [0.25, 0.3) is 0 Å². The van der Waals surface area contributed by atoms with Crippen LogP contribution in [0.15, 0.2) is 179 Å². The third kappa shape index (κ3) is 4.00. The van der Waals surface area contributed by atoms with Crippen molar-refractivity contribution < 1.29 is 19.8 Å². The largest absolute Gasteiger partial charge is 0.460 e. The second-order valence-corrected chi connectivity index (χ2v) is 11.8. The highest BCUT2D eigenvalue weighted by Crippen LogP contribution is 2.45. The number of fused-ring (bicyclic) bond motifs is 7. The van der Waals surface area contributed by atoms with Gasteiger partial charge in [0.05, 0.1) is 17.2 Å². The minimum absolute atomic E-state index is 0.178. The molecule has 8 aromatic carbocycles. The van der Waals surface area contributed by atoms with Crippen LogP contribution in [-0.2, 0) is 0 Å². The Bertz CT molecular complexity index is 3180. The quantitative estimate of drug-likeness (QED) is 0.183. The van der Waals surface area contributed by atoms with Crippen LogP contribution in [0.1, 0.15) is 11.0 Å². The molecular weight excluding hydrogens is 585 g/mol. The zero-order chi connectivity index (χ0) is 38.6. The molecule has 0 radical (unpaired) electrons. The van der Waals surface area contributed by atoms with Gasteiger partial charge in [0, 0.05) is 27.3 Å². The number of furan rings is 2. The molecule has 2 heterocycles. The van der Waals surface area contributed by atoms with E-state index in [0.717, 1.165) is 38.4 Å². The predicted octanol–water partition coefficient (Wildman–Crippen LogP) is 13.3. The van der Waals surface area contributed by atoms with Crippen LogP contribution >= 0.6 is 0 Å². The number of benzene rings is 8. The van der Waals surface area contributed by atoms with E-state index in [0.29, 0.717) is 39.0 Å². The Hall–Kier alpha value is -6.38. The molecule has 224 valence electrons. The number of hydrogen-bond acceptors (Lipinski definition) is 2. The number of rotatable bonds is 4. The molecule has 0 fully saturated rings. The first kappa shape index (κ1) is 20.0. The average Bonchev–Trinajstić information content (AvgIpc) is 3.85. The van der Waals surface area contributed by atoms with Gasteiger partial charge in [-0.3, -0.25) is 0 Å². The molecule has 0 saturated heterocycles. The van der Waals surface area contributed by atoms with E-state index in [1.54, 1.807) is 30.5 Å². The molecule has 10 rings (SSSR count). The molecule has 0 atom stereocenters. The van der Waals surface area contributed by atoms with Crippen molar-refractivity contribution >= 4 is 54.5 Å². The Balaban J connectivity index is 1.22. The Kier molecular flexibility index (Phi) is 4.41. The summed E-state index contributed by atoms with van der Waals surface area (Å²) in [4.78, 5) is 0. The lowest BCUT2D eigenvalue weighted by molar-refractivity contribution is 0.601. The van der Waals surface area contributed by atoms with Crippen LogP contribution in [-0.4, -0.2) is 0 Å². The lowest BCUT2D eigenvalue weighted by Crippen LogP contribution is -1.90. The molecule has 0 unspecified atom stereocenters. The van der Waals surface area contributed by atoms with Gasteiger partial charge in [-0.2, -0.15) is 0 Å². The maximum atomic E-state index is 9.20. The van der Waals surface area contributed by atoms with Crippen LogP contribution in [0.4, 0.5) is 0 Å². The van der Waals surface area contributed by atoms with E-state index in [2.05, 4.69) is 12.1 Å². The van der Waals surface area contributed by atoms with Crippen molar-refractivity contribution in [1.82, 2.24) is 0 Å². The third-order valence-electron chi connectivity index (χ3n) is 9.21. The molecular formula is C46H28O2. The van der Waals surface area contributed by atoms with Gasteiger partial charge < -0.3 is 8.83 Å². The van der Waals surface area contributed by atoms with Gasteiger partial charge in [-0.25, -0.2) is 0 Å². The van der Waals surface area contributed by atoms with Crippen LogP contribution < -0.4 is 0 Å². The first-order valence-electron chi connectivity index (χ1n) is 19.7. The topological polar surface area (TPSA) is 26.3 Å². The van der Waals surface area contributed by atoms with Gasteiger partial charge in [0.1, 0.15) is 5.58 Å². The summed E-state index contributed by atoms with van der Waals surface area (Å²) in [5, 5.41) is 3.51. The standard InChI is InChI=1S/C46H28O2/c1-3-12-29(13-4-1)41-28-47-45-40(41)27-26-39-38-21-11-20-33(44(38)48-46(39)45)30-22-24-32(25-23-30)43-36-18-9-7-16-34(36)42(31-14-5-2-6-15-31)35-17-8-10-19-37(35)43/h1-28H/i7D,8D,9D,10D,16D,17D,18D,19D. The lowest BCUT2D eigenvalue weighted by atomic mass is 9.85. The molecule has 0 aliphatic rings. The Labute approximate surface area is 288 Å². The van der Waals surface area contributed by atoms with Crippen molar-refractivity contribution in [2.75, 3.05) is 0 Å². The van der Waals surface area contributed by atoms with Gasteiger partial charge in [-0.05, 0) is 67.1 Å². The third-order valence-corrected chi connectivity index (χ3v) is 9.21. The van der Waals surface area contributed by atoms with Crippen molar-refractivity contribution in [3.05, 3.63) is 170 Å². The van der Waals surface area contributed by atoms with Crippen LogP contribution in [0.2, 0.25) is 0 Å². The summed E-state index contributed by atoms with van der Waals surface area (Å²) in [6.45, 7) is 0. The van der Waals surface area contributed by atoms with E-state index >= 15 is 0 Å². The van der Waals surface area contributed by atoms with Crippen molar-refractivity contribution in [1.29, 1.82) is 0 Å². The molecule has 2 heteroatoms. The highest BCUT2D eigenvalue weighted by atomic mass is 16.4. The Morgan fingerprint density at radius 2 is 0.854 bits per heavy atom. The fraction of sp³-hybridized carbons (Fsp3) is 0. The smallest absolute Gasteiger partial charge is 0.178 e. The lowest BCUT2D eigenvalue weighted by Gasteiger charge is -2.18. The highest BCUT2D eigenvalue weighted by Gasteiger charge is 2.19. The van der Waals surface area contributed by atoms with E-state index in [-0.39, 0.29) is 45.7 Å². The molecule has 0 amide bonds. The molecule has 0 bridgehead atoms. The molecule has 48 heavy (non-hydrogen) atoms. The van der Waals surface area contributed by atoms with Gasteiger partial charge in [-0.1, -0.05) is 151 Å². The average molecular weight is 621 g/mol. The van der Waals surface area contributed by atoms with Gasteiger partial charge in [0.2, 0.25) is 0 Å². The van der Waals surface area contributed by atoms with Gasteiger partial charge in [-0.15, -0.1) is 0 Å². The van der Waals surface area contributed by atoms with Crippen molar-refractivity contribution in [2.45, 2.75) is 0 Å². The summed E-state index contributed by atoms with van der Waals surface area (Å²) in [6.07, 6.45) is 1.76. The van der Waals surface area contributed by atoms with Gasteiger partial charge >= 0.3 is 0 Å². The maximum Gasteiger partial charge on any atom is 0.178 e. The monoisotopic (exact) mass is 620 g/mol. The Morgan fingerprint density at radius 3 is 1.48 bits per heavy atom. The molecule has 0 aliphatic carbocycles. The van der Waals surface area contributed by atoms with Crippen LogP contribution in [0.5, 0.6) is 0 Å². The fourth-order valence-corrected chi connectivity index (χ4v) is 7.04. The second-order valence-electron chi connectivity index (χ2n) is 11.8. The first-order valence-corrected chi connectivity index (χ1v) is 15.7. The van der Waals surface area contributed by atoms with E-state index in [1.165, 1.54) is 0 Å². The summed E-state index contributed by atoms with van der Waals surface area (Å²) in [5.74, 6) is 0. The van der Waals surface area contributed by atoms with E-state index < -0.39 is 24.2 Å². The molecule has 0 aliphatic heterocycles. The van der Waals surface area contributed by atoms with E-state index in [4.69, 9.17) is 17.1 Å². The van der Waals surface area contributed by atoms with Gasteiger partial charge in [0.15, 0.2) is 11.2 Å². The minimum Gasteiger partial charge on any atom is -0.460 e. The normalized spacial score (nSPS) is 14.1. The molecule has 2 nitrogen and oxygen atoms in total. The van der Waals surface area contributed by atoms with E-state index in [9.17, 15) is 2.74 Å². The summed E-state index contributed by atoms with van der Waals surface area (Å²) < 4.78 is 84.1. The fourth-order valence-electron chi connectivity index (χ4n) is 7.04. The summed E-state index contributed by atoms with van der Waals surface area (Å²) in [5.41, 5.74) is 7.37. The summed E-state index contributed by atoms with van der Waals surface area (Å²) >= 11 is 0. The predicted molar refractivity (Wildman–Crippen MR) is 200 cm³/mol. The van der Waals surface area contributed by atoms with Crippen LogP contribution in [0.3, 0.4) is 0 Å². The highest BCUT2D eigenvalue weighted by molar-refractivity contribution is 6.22. The SMILES string of the molecule is [2H]c1c([2H])c([2H])c2c(-c3ccc(-c4cccc5c4oc4c5ccc5c(-c6ccccc6)coc54)cc3)c3c([2H])c([2H])c([2H])c([2H])c3c(-c3ccccc3)c2c1[2H]. The summed E-state index contributed by atoms with van der Waals surface area (Å²) in [7, 11) is 0. The molecule has 2 aromatic heterocycles. The first-order chi connectivity index (χ1) is 27.2. The molecule has 0 spiro atoms. The van der Waals surface area contributed by atoms with Crippen LogP contribution in [0.25, 0.3) is 99.0 Å². The number of para-hydroxylation sites is 1. The zero-order valence-corrected chi connectivity index (χ0v) is 25.4. The van der Waals surface area contributed by atoms with E-state index in [1.807, 2.05) is 78.9 Å². The summed E-state index contributed by atoms with van der Waals surface area (Å²) in [6, 6.07) is 33.6. The molecule has 0 saturated carbocycles. The van der Waals surface area contributed by atoms with Crippen LogP contribution in [0, 0.1) is 0 Å². The van der Waals surface area contributed by atoms with Crippen molar-refractivity contribution in [3.8, 4) is 44.5 Å². The van der Waals surface area contributed by atoms with Crippen molar-refractivity contribution in [2.24, 2.45) is 0 Å². The Morgan fingerprint density at radius 1 is 0.354 bits per heavy atom. The maximum absolute atomic E-state index is 9.20. The molecule has 10 aromatic rings.